The monoisotopic (exact) mass is 277 g/mol. The van der Waals surface area contributed by atoms with Crippen molar-refractivity contribution in [2.45, 2.75) is 6.92 Å². The van der Waals surface area contributed by atoms with E-state index in [-0.39, 0.29) is 5.15 Å². The van der Waals surface area contributed by atoms with Crippen molar-refractivity contribution in [2.75, 3.05) is 7.11 Å². The van der Waals surface area contributed by atoms with Crippen molar-refractivity contribution in [3.8, 4) is 17.0 Å². The topological polar surface area (TPSA) is 78.1 Å². The fourth-order valence-corrected chi connectivity index (χ4v) is 1.88. The number of amides is 1. The number of carbonyl (C=O) groups is 1. The Balaban J connectivity index is 2.73. The minimum absolute atomic E-state index is 0.287. The quantitative estimate of drug-likeness (QED) is 0.873. The number of hydrogen-bond donors (Lipinski definition) is 1. The van der Waals surface area contributed by atoms with Gasteiger partial charge in [-0.3, -0.25) is 9.78 Å². The van der Waals surface area contributed by atoms with E-state index in [4.69, 9.17) is 22.1 Å². The van der Waals surface area contributed by atoms with Crippen molar-refractivity contribution in [2.24, 2.45) is 5.73 Å². The Morgan fingerprint density at radius 1 is 1.42 bits per heavy atom. The molecular formula is C13H12ClN3O2. The van der Waals surface area contributed by atoms with Crippen molar-refractivity contribution in [1.29, 1.82) is 0 Å². The second-order valence-electron chi connectivity index (χ2n) is 3.92. The lowest BCUT2D eigenvalue weighted by Crippen LogP contribution is -2.13. The predicted molar refractivity (Wildman–Crippen MR) is 72.3 cm³/mol. The van der Waals surface area contributed by atoms with Gasteiger partial charge in [-0.05, 0) is 25.1 Å². The lowest BCUT2D eigenvalue weighted by Gasteiger charge is -2.11. The van der Waals surface area contributed by atoms with Gasteiger partial charge in [0.1, 0.15) is 10.9 Å². The molecule has 2 aromatic heterocycles. The van der Waals surface area contributed by atoms with Gasteiger partial charge in [0.2, 0.25) is 0 Å². The Bertz CT molecular complexity index is 644. The molecule has 0 bridgehead atoms. The molecule has 0 unspecified atom stereocenters. The van der Waals surface area contributed by atoms with Gasteiger partial charge in [0.05, 0.1) is 24.6 Å². The molecular weight excluding hydrogens is 266 g/mol. The highest BCUT2D eigenvalue weighted by molar-refractivity contribution is 6.29. The normalized spacial score (nSPS) is 10.3. The Labute approximate surface area is 115 Å². The molecule has 6 heteroatoms. The van der Waals surface area contributed by atoms with Crippen molar-refractivity contribution in [3.05, 3.63) is 40.8 Å². The van der Waals surface area contributed by atoms with Crippen molar-refractivity contribution in [1.82, 2.24) is 9.97 Å². The number of carbonyl (C=O) groups excluding carboxylic acids is 1. The maximum Gasteiger partial charge on any atom is 0.250 e. The van der Waals surface area contributed by atoms with E-state index in [9.17, 15) is 4.79 Å². The summed E-state index contributed by atoms with van der Waals surface area (Å²) in [5, 5.41) is 0.287. The maximum absolute atomic E-state index is 11.5. The predicted octanol–water partition coefficient (Wildman–Crippen LogP) is 2.21. The third kappa shape index (κ3) is 2.66. The van der Waals surface area contributed by atoms with Crippen LogP contribution in [0.15, 0.2) is 24.4 Å². The molecule has 0 atom stereocenters. The van der Waals surface area contributed by atoms with Gasteiger partial charge >= 0.3 is 0 Å². The second-order valence-corrected chi connectivity index (χ2v) is 4.31. The summed E-state index contributed by atoms with van der Waals surface area (Å²) in [6.45, 7) is 1.82. The number of aromatic nitrogens is 2. The third-order valence-electron chi connectivity index (χ3n) is 2.61. The summed E-state index contributed by atoms with van der Waals surface area (Å²) in [5.74, 6) is -0.0810. The number of aryl methyl sites for hydroxylation is 1. The molecule has 0 aliphatic carbocycles. The highest BCUT2D eigenvalue weighted by Gasteiger charge is 2.16. The molecule has 0 aromatic carbocycles. The molecule has 0 saturated heterocycles. The second kappa shape index (κ2) is 5.24. The maximum atomic E-state index is 11.5. The van der Waals surface area contributed by atoms with Crippen molar-refractivity contribution in [3.63, 3.8) is 0 Å². The summed E-state index contributed by atoms with van der Waals surface area (Å²) >= 11 is 5.88. The lowest BCUT2D eigenvalue weighted by molar-refractivity contribution is 0.100. The van der Waals surface area contributed by atoms with E-state index in [2.05, 4.69) is 9.97 Å². The zero-order chi connectivity index (χ0) is 14.0. The first-order valence-electron chi connectivity index (χ1n) is 5.50. The molecule has 0 spiro atoms. The minimum Gasteiger partial charge on any atom is -0.494 e. The highest BCUT2D eigenvalue weighted by Crippen LogP contribution is 2.32. The van der Waals surface area contributed by atoms with E-state index < -0.39 is 5.91 Å². The Morgan fingerprint density at radius 3 is 2.79 bits per heavy atom. The molecule has 2 N–H and O–H groups in total. The van der Waals surface area contributed by atoms with Gasteiger partial charge in [0, 0.05) is 11.3 Å². The van der Waals surface area contributed by atoms with Crippen molar-refractivity contribution < 1.29 is 9.53 Å². The van der Waals surface area contributed by atoms with Gasteiger partial charge in [0.15, 0.2) is 0 Å². The Kier molecular flexibility index (Phi) is 3.66. The Hall–Kier alpha value is -2.14. The van der Waals surface area contributed by atoms with Gasteiger partial charge in [-0.1, -0.05) is 11.6 Å². The van der Waals surface area contributed by atoms with Gasteiger partial charge < -0.3 is 10.5 Å². The average Bonchev–Trinajstić information content (AvgIpc) is 2.38. The molecule has 2 rings (SSSR count). The first-order chi connectivity index (χ1) is 9.02. The number of nitrogens with zero attached hydrogens (tertiary/aromatic N) is 2. The molecule has 98 valence electrons. The van der Waals surface area contributed by atoms with Crippen LogP contribution in [0.5, 0.6) is 5.75 Å². The minimum atomic E-state index is -0.558. The summed E-state index contributed by atoms with van der Waals surface area (Å²) < 4.78 is 5.22. The number of rotatable bonds is 3. The summed E-state index contributed by atoms with van der Waals surface area (Å²) in [5.41, 5.74) is 7.46. The van der Waals surface area contributed by atoms with Gasteiger partial charge in [-0.2, -0.15) is 0 Å². The van der Waals surface area contributed by atoms with Crippen molar-refractivity contribution >= 4 is 17.5 Å². The first-order valence-corrected chi connectivity index (χ1v) is 5.88. The molecule has 19 heavy (non-hydrogen) atoms. The van der Waals surface area contributed by atoms with Crippen LogP contribution < -0.4 is 10.5 Å². The van der Waals surface area contributed by atoms with Gasteiger partial charge in [0.25, 0.3) is 5.91 Å². The smallest absolute Gasteiger partial charge is 0.250 e. The number of nitrogens with two attached hydrogens (primary N) is 1. The number of ether oxygens (including phenoxy) is 1. The van der Waals surface area contributed by atoms with E-state index in [1.807, 2.05) is 6.92 Å². The molecule has 0 radical (unpaired) electrons. The van der Waals surface area contributed by atoms with Crippen LogP contribution in [0.4, 0.5) is 0 Å². The molecule has 1 amide bonds. The zero-order valence-electron chi connectivity index (χ0n) is 10.5. The van der Waals surface area contributed by atoms with E-state index >= 15 is 0 Å². The largest absolute Gasteiger partial charge is 0.494 e. The van der Waals surface area contributed by atoms with E-state index in [0.717, 1.165) is 5.69 Å². The summed E-state index contributed by atoms with van der Waals surface area (Å²) in [7, 11) is 1.51. The van der Waals surface area contributed by atoms with Gasteiger partial charge in [-0.15, -0.1) is 0 Å². The number of primary amides is 1. The summed E-state index contributed by atoms with van der Waals surface area (Å²) in [6, 6.07) is 4.95. The molecule has 0 aliphatic heterocycles. The number of pyridine rings is 2. The van der Waals surface area contributed by atoms with Crippen LogP contribution in [0.3, 0.4) is 0 Å². The van der Waals surface area contributed by atoms with Crippen LogP contribution in [0.25, 0.3) is 11.3 Å². The van der Waals surface area contributed by atoms with Crippen LogP contribution in [0.1, 0.15) is 16.1 Å². The number of halogens is 1. The molecule has 0 saturated carbocycles. The van der Waals surface area contributed by atoms with Crippen LogP contribution in [-0.4, -0.2) is 23.0 Å². The average molecular weight is 278 g/mol. The molecule has 2 heterocycles. The first kappa shape index (κ1) is 13.3. The summed E-state index contributed by atoms with van der Waals surface area (Å²) in [4.78, 5) is 19.8. The molecule has 5 nitrogen and oxygen atoms in total. The molecule has 0 aliphatic rings. The SMILES string of the molecule is COc1cnc(Cl)cc1-c1nc(C)ccc1C(N)=O. The van der Waals surface area contributed by atoms with Crippen LogP contribution in [-0.2, 0) is 0 Å². The standard InChI is InChI=1S/C13H12ClN3O2/c1-7-3-4-8(13(15)18)12(17-7)9-5-11(14)16-6-10(9)19-2/h3-6H,1-2H3,(H2,15,18). The van der Waals surface area contributed by atoms with Gasteiger partial charge in [-0.25, -0.2) is 4.98 Å². The highest BCUT2D eigenvalue weighted by atomic mass is 35.5. The van der Waals surface area contributed by atoms with E-state index in [0.29, 0.717) is 22.6 Å². The number of hydrogen-bond acceptors (Lipinski definition) is 4. The lowest BCUT2D eigenvalue weighted by atomic mass is 10.1. The number of methoxy groups -OCH3 is 1. The summed E-state index contributed by atoms with van der Waals surface area (Å²) in [6.07, 6.45) is 1.48. The molecule has 0 fully saturated rings. The van der Waals surface area contributed by atoms with E-state index in [1.54, 1.807) is 18.2 Å². The van der Waals surface area contributed by atoms with Crippen LogP contribution >= 0.6 is 11.6 Å². The zero-order valence-corrected chi connectivity index (χ0v) is 11.2. The Morgan fingerprint density at radius 2 is 2.16 bits per heavy atom. The fraction of sp³-hybridized carbons (Fsp3) is 0.154. The fourth-order valence-electron chi connectivity index (χ4n) is 1.73. The van der Waals surface area contributed by atoms with E-state index in [1.165, 1.54) is 13.3 Å². The third-order valence-corrected chi connectivity index (χ3v) is 2.82. The van der Waals surface area contributed by atoms with Crippen LogP contribution in [0, 0.1) is 6.92 Å². The van der Waals surface area contributed by atoms with Crippen LogP contribution in [0.2, 0.25) is 5.15 Å². The molecule has 2 aromatic rings.